The van der Waals surface area contributed by atoms with E-state index < -0.39 is 0 Å². The molecule has 0 aliphatic rings. The summed E-state index contributed by atoms with van der Waals surface area (Å²) in [6.45, 7) is 6.35. The van der Waals surface area contributed by atoms with E-state index in [1.54, 1.807) is 18.3 Å². The van der Waals surface area contributed by atoms with Crippen molar-refractivity contribution in [2.24, 2.45) is 5.92 Å². The maximum Gasteiger partial charge on any atom is 0.270 e. The fourth-order valence-electron chi connectivity index (χ4n) is 2.22. The van der Waals surface area contributed by atoms with Crippen LogP contribution in [0.25, 0.3) is 0 Å². The molecule has 0 bridgehead atoms. The molecule has 1 aromatic rings. The fraction of sp³-hybridized carbons (Fsp3) is 0.529. The molecule has 0 saturated heterocycles. The highest BCUT2D eigenvalue weighted by atomic mass is 16.2. The summed E-state index contributed by atoms with van der Waals surface area (Å²) in [6, 6.07) is 3.59. The predicted octanol–water partition coefficient (Wildman–Crippen LogP) is 2.37. The maximum absolute atomic E-state index is 12.1. The third kappa shape index (κ3) is 5.57. The monoisotopic (exact) mass is 288 g/mol. The smallest absolute Gasteiger partial charge is 0.270 e. The fourth-order valence-corrected chi connectivity index (χ4v) is 2.22. The molecule has 0 fully saturated rings. The van der Waals surface area contributed by atoms with Gasteiger partial charge < -0.3 is 10.4 Å². The van der Waals surface area contributed by atoms with Gasteiger partial charge in [-0.25, -0.2) is 4.98 Å². The Hall–Kier alpha value is -1.86. The van der Waals surface area contributed by atoms with E-state index in [-0.39, 0.29) is 18.6 Å². The number of nitrogens with one attached hydrogen (secondary N) is 1. The van der Waals surface area contributed by atoms with Gasteiger partial charge >= 0.3 is 0 Å². The van der Waals surface area contributed by atoms with Crippen LogP contribution in [0.1, 0.15) is 56.1 Å². The molecule has 1 heterocycles. The summed E-state index contributed by atoms with van der Waals surface area (Å²) < 4.78 is 0. The Morgan fingerprint density at radius 1 is 1.38 bits per heavy atom. The number of hydrogen-bond acceptors (Lipinski definition) is 3. The van der Waals surface area contributed by atoms with Crippen molar-refractivity contribution < 1.29 is 9.90 Å². The predicted molar refractivity (Wildman–Crippen MR) is 83.8 cm³/mol. The number of aliphatic hydroxyl groups is 1. The Balaban J connectivity index is 2.65. The van der Waals surface area contributed by atoms with Crippen LogP contribution in [-0.4, -0.2) is 28.6 Å². The number of aromatic nitrogens is 1. The largest absolute Gasteiger partial charge is 0.395 e. The van der Waals surface area contributed by atoms with Crippen molar-refractivity contribution in [1.29, 1.82) is 0 Å². The van der Waals surface area contributed by atoms with Gasteiger partial charge in [0.25, 0.3) is 5.91 Å². The topological polar surface area (TPSA) is 62.2 Å². The molecule has 0 aromatic carbocycles. The Labute approximate surface area is 127 Å². The van der Waals surface area contributed by atoms with Crippen molar-refractivity contribution in [3.05, 3.63) is 29.6 Å². The van der Waals surface area contributed by atoms with Crippen molar-refractivity contribution in [1.82, 2.24) is 10.3 Å². The van der Waals surface area contributed by atoms with Crippen LogP contribution in [0.3, 0.4) is 0 Å². The molecule has 0 saturated carbocycles. The van der Waals surface area contributed by atoms with Gasteiger partial charge in [-0.2, -0.15) is 0 Å². The van der Waals surface area contributed by atoms with Crippen LogP contribution in [0.5, 0.6) is 0 Å². The molecule has 1 unspecified atom stereocenters. The quantitative estimate of drug-likeness (QED) is 0.790. The molecular formula is C17H24N2O2. The highest BCUT2D eigenvalue weighted by Gasteiger charge is 2.17. The van der Waals surface area contributed by atoms with Crippen LogP contribution in [0, 0.1) is 17.8 Å². The lowest BCUT2D eigenvalue weighted by Crippen LogP contribution is -2.38. The Morgan fingerprint density at radius 3 is 2.62 bits per heavy atom. The lowest BCUT2D eigenvalue weighted by atomic mass is 9.95. The van der Waals surface area contributed by atoms with Crippen LogP contribution in [0.15, 0.2) is 18.3 Å². The van der Waals surface area contributed by atoms with E-state index in [1.165, 1.54) is 0 Å². The standard InChI is InChI=1S/C17H24N2O2/c1-4-15(5-2)13(3)19-17(21)16-10-9-14(12-18-16)8-6-7-11-20/h9-10,12-13,15,20H,4-5,7,11H2,1-3H3,(H,19,21). The molecule has 0 spiro atoms. The average molecular weight is 288 g/mol. The number of nitrogens with zero attached hydrogens (tertiary/aromatic N) is 1. The van der Waals surface area contributed by atoms with Gasteiger partial charge in [-0.3, -0.25) is 4.79 Å². The van der Waals surface area contributed by atoms with E-state index in [2.05, 4.69) is 36.0 Å². The minimum absolute atomic E-state index is 0.0504. The first-order valence-electron chi connectivity index (χ1n) is 7.49. The number of carbonyl (C=O) groups is 1. The molecule has 2 N–H and O–H groups in total. The summed E-state index contributed by atoms with van der Waals surface area (Å²) in [6.07, 6.45) is 4.12. The van der Waals surface area contributed by atoms with Gasteiger partial charge in [0.05, 0.1) is 6.61 Å². The number of pyridine rings is 1. The number of hydrogen-bond donors (Lipinski definition) is 2. The molecule has 114 valence electrons. The van der Waals surface area contributed by atoms with Crippen molar-refractivity contribution in [2.45, 2.75) is 46.1 Å². The highest BCUT2D eigenvalue weighted by Crippen LogP contribution is 2.13. The molecule has 4 heteroatoms. The molecule has 4 nitrogen and oxygen atoms in total. The Bertz CT molecular complexity index is 496. The number of aliphatic hydroxyl groups excluding tert-OH is 1. The van der Waals surface area contributed by atoms with Gasteiger partial charge in [0.2, 0.25) is 0 Å². The van der Waals surface area contributed by atoms with Crippen molar-refractivity contribution >= 4 is 5.91 Å². The third-order valence-corrected chi connectivity index (χ3v) is 3.58. The first-order valence-corrected chi connectivity index (χ1v) is 7.49. The molecule has 0 radical (unpaired) electrons. The number of rotatable bonds is 6. The van der Waals surface area contributed by atoms with Crippen molar-refractivity contribution in [2.75, 3.05) is 6.61 Å². The van der Waals surface area contributed by atoms with Crippen LogP contribution >= 0.6 is 0 Å². The Morgan fingerprint density at radius 2 is 2.10 bits per heavy atom. The third-order valence-electron chi connectivity index (χ3n) is 3.58. The molecule has 1 aromatic heterocycles. The zero-order valence-electron chi connectivity index (χ0n) is 13.0. The highest BCUT2D eigenvalue weighted by molar-refractivity contribution is 5.92. The summed E-state index contributed by atoms with van der Waals surface area (Å²) in [4.78, 5) is 16.3. The van der Waals surface area contributed by atoms with E-state index in [1.807, 2.05) is 6.92 Å². The second-order valence-corrected chi connectivity index (χ2v) is 5.05. The van der Waals surface area contributed by atoms with E-state index in [4.69, 9.17) is 5.11 Å². The van der Waals surface area contributed by atoms with Gasteiger partial charge in [-0.15, -0.1) is 0 Å². The maximum atomic E-state index is 12.1. The summed E-state index contributed by atoms with van der Waals surface area (Å²) in [7, 11) is 0. The van der Waals surface area contributed by atoms with Gasteiger partial charge in [0.15, 0.2) is 0 Å². The Kier molecular flexibility index (Phi) is 7.49. The van der Waals surface area contributed by atoms with Crippen LogP contribution in [0.2, 0.25) is 0 Å². The lowest BCUT2D eigenvalue weighted by molar-refractivity contribution is 0.0920. The first-order chi connectivity index (χ1) is 10.1. The van der Waals surface area contributed by atoms with Crippen LogP contribution in [0.4, 0.5) is 0 Å². The van der Waals surface area contributed by atoms with Gasteiger partial charge in [0, 0.05) is 24.2 Å². The van der Waals surface area contributed by atoms with E-state index in [9.17, 15) is 4.79 Å². The van der Waals surface area contributed by atoms with E-state index in [0.717, 1.165) is 18.4 Å². The summed E-state index contributed by atoms with van der Waals surface area (Å²) in [5.41, 5.74) is 1.15. The van der Waals surface area contributed by atoms with Gasteiger partial charge in [-0.05, 0) is 25.0 Å². The van der Waals surface area contributed by atoms with Gasteiger partial charge in [0.1, 0.15) is 5.69 Å². The van der Waals surface area contributed by atoms with Crippen molar-refractivity contribution in [3.8, 4) is 11.8 Å². The minimum atomic E-state index is -0.149. The molecular weight excluding hydrogens is 264 g/mol. The molecule has 1 atom stereocenters. The SMILES string of the molecule is CCC(CC)C(C)NC(=O)c1ccc(C#CCCO)cn1. The minimum Gasteiger partial charge on any atom is -0.395 e. The second-order valence-electron chi connectivity index (χ2n) is 5.05. The average Bonchev–Trinajstić information content (AvgIpc) is 2.49. The summed E-state index contributed by atoms with van der Waals surface area (Å²) >= 11 is 0. The molecule has 0 aliphatic heterocycles. The van der Waals surface area contributed by atoms with E-state index >= 15 is 0 Å². The van der Waals surface area contributed by atoms with Crippen molar-refractivity contribution in [3.63, 3.8) is 0 Å². The van der Waals surface area contributed by atoms with E-state index in [0.29, 0.717) is 18.0 Å². The van der Waals surface area contributed by atoms with Crippen LogP contribution in [-0.2, 0) is 0 Å². The first kappa shape index (κ1) is 17.2. The van der Waals surface area contributed by atoms with Gasteiger partial charge in [-0.1, -0.05) is 38.5 Å². The molecule has 1 amide bonds. The normalized spacial score (nSPS) is 11.7. The number of carbonyl (C=O) groups excluding carboxylic acids is 1. The lowest BCUT2D eigenvalue weighted by Gasteiger charge is -2.22. The zero-order chi connectivity index (χ0) is 15.7. The number of amides is 1. The summed E-state index contributed by atoms with van der Waals surface area (Å²) in [5, 5.41) is 11.7. The molecule has 0 aliphatic carbocycles. The molecule has 1 rings (SSSR count). The summed E-state index contributed by atoms with van der Waals surface area (Å²) in [5.74, 6) is 6.04. The zero-order valence-corrected chi connectivity index (χ0v) is 13.0. The molecule has 21 heavy (non-hydrogen) atoms. The second kappa shape index (κ2) is 9.15. The van der Waals surface area contributed by atoms with Crippen LogP contribution < -0.4 is 5.32 Å².